The number of amides is 1. The van der Waals surface area contributed by atoms with E-state index in [1.165, 1.54) is 11.3 Å². The first-order valence-corrected chi connectivity index (χ1v) is 8.09. The van der Waals surface area contributed by atoms with E-state index in [4.69, 9.17) is 4.52 Å². The molecule has 1 aliphatic rings. The molecule has 0 N–H and O–H groups in total. The molecule has 1 atom stereocenters. The van der Waals surface area contributed by atoms with Crippen LogP contribution in [0.2, 0.25) is 0 Å². The molecule has 3 rings (SSSR count). The van der Waals surface area contributed by atoms with Crippen LogP contribution in [0, 0.1) is 6.92 Å². The number of para-hydroxylation sites is 1. The highest BCUT2D eigenvalue weighted by Gasteiger charge is 2.28. The van der Waals surface area contributed by atoms with Crippen molar-refractivity contribution in [3.8, 4) is 0 Å². The van der Waals surface area contributed by atoms with Gasteiger partial charge < -0.3 is 14.3 Å². The predicted molar refractivity (Wildman–Crippen MR) is 89.3 cm³/mol. The van der Waals surface area contributed by atoms with Crippen LogP contribution in [0.5, 0.6) is 0 Å². The van der Waals surface area contributed by atoms with Crippen LogP contribution in [0.4, 0.5) is 5.69 Å². The molecule has 0 radical (unpaired) electrons. The van der Waals surface area contributed by atoms with Gasteiger partial charge in [0.15, 0.2) is 0 Å². The normalized spacial score (nSPS) is 17.8. The Morgan fingerprint density at radius 2 is 2.17 bits per heavy atom. The molecule has 1 aliphatic heterocycles. The average Bonchev–Trinajstić information content (AvgIpc) is 2.88. The van der Waals surface area contributed by atoms with E-state index in [9.17, 15) is 4.79 Å². The van der Waals surface area contributed by atoms with Crippen LogP contribution in [-0.4, -0.2) is 35.6 Å². The van der Waals surface area contributed by atoms with Crippen LogP contribution in [0.25, 0.3) is 0 Å². The lowest BCUT2D eigenvalue weighted by Crippen LogP contribution is -2.44. The Kier molecular flexibility index (Phi) is 4.37. The monoisotopic (exact) mass is 313 g/mol. The van der Waals surface area contributed by atoms with E-state index in [-0.39, 0.29) is 11.9 Å². The minimum Gasteiger partial charge on any atom is -0.372 e. The second-order valence-corrected chi connectivity index (χ2v) is 6.20. The summed E-state index contributed by atoms with van der Waals surface area (Å²) >= 11 is 0. The minimum atomic E-state index is 0.107. The third kappa shape index (κ3) is 3.23. The topological polar surface area (TPSA) is 49.6 Å². The van der Waals surface area contributed by atoms with E-state index in [1.807, 2.05) is 30.0 Å². The fourth-order valence-corrected chi connectivity index (χ4v) is 3.24. The summed E-state index contributed by atoms with van der Waals surface area (Å²) in [4.78, 5) is 17.1. The van der Waals surface area contributed by atoms with E-state index >= 15 is 0 Å². The Hall–Kier alpha value is -2.30. The van der Waals surface area contributed by atoms with Gasteiger partial charge in [-0.2, -0.15) is 0 Å². The number of hydrogen-bond acceptors (Lipinski definition) is 4. The molecule has 1 amide bonds. The van der Waals surface area contributed by atoms with Crippen molar-refractivity contribution in [1.82, 2.24) is 10.1 Å². The molecular weight excluding hydrogens is 290 g/mol. The van der Waals surface area contributed by atoms with Gasteiger partial charge in [-0.1, -0.05) is 30.3 Å². The van der Waals surface area contributed by atoms with E-state index in [0.29, 0.717) is 18.7 Å². The third-order valence-electron chi connectivity index (χ3n) is 4.47. The molecule has 0 spiro atoms. The summed E-state index contributed by atoms with van der Waals surface area (Å²) in [5.74, 6) is 0.844. The first-order valence-electron chi connectivity index (χ1n) is 8.09. The van der Waals surface area contributed by atoms with Gasteiger partial charge in [-0.25, -0.2) is 0 Å². The highest BCUT2D eigenvalue weighted by atomic mass is 16.5. The number of aryl methyl sites for hydroxylation is 1. The molecule has 2 aromatic rings. The van der Waals surface area contributed by atoms with Crippen LogP contribution in [0.15, 0.2) is 34.9 Å². The summed E-state index contributed by atoms with van der Waals surface area (Å²) in [7, 11) is 2.09. The maximum Gasteiger partial charge on any atom is 0.229 e. The summed E-state index contributed by atoms with van der Waals surface area (Å²) in [6.07, 6.45) is 1.22. The fraction of sp³-hybridized carbons (Fsp3) is 0.444. The zero-order valence-corrected chi connectivity index (χ0v) is 14.0. The van der Waals surface area contributed by atoms with Crippen molar-refractivity contribution in [2.45, 2.75) is 39.3 Å². The molecule has 122 valence electrons. The largest absolute Gasteiger partial charge is 0.372 e. The van der Waals surface area contributed by atoms with Crippen molar-refractivity contribution in [2.24, 2.45) is 0 Å². The quantitative estimate of drug-likeness (QED) is 0.874. The van der Waals surface area contributed by atoms with E-state index in [0.717, 1.165) is 18.7 Å². The fourth-order valence-electron chi connectivity index (χ4n) is 3.24. The van der Waals surface area contributed by atoms with Gasteiger partial charge in [0.05, 0.1) is 12.1 Å². The van der Waals surface area contributed by atoms with Crippen molar-refractivity contribution >= 4 is 11.6 Å². The van der Waals surface area contributed by atoms with Crippen LogP contribution >= 0.6 is 0 Å². The first kappa shape index (κ1) is 15.6. The molecule has 2 heterocycles. The highest BCUT2D eigenvalue weighted by Crippen LogP contribution is 2.27. The van der Waals surface area contributed by atoms with Gasteiger partial charge >= 0.3 is 0 Å². The van der Waals surface area contributed by atoms with E-state index in [1.54, 1.807) is 0 Å². The van der Waals surface area contributed by atoms with Gasteiger partial charge in [0, 0.05) is 37.9 Å². The molecule has 0 saturated carbocycles. The number of fused-ring (bicyclic) bond motifs is 1. The summed E-state index contributed by atoms with van der Waals surface area (Å²) < 4.78 is 5.07. The lowest BCUT2D eigenvalue weighted by molar-refractivity contribution is -0.133. The molecule has 1 aromatic heterocycles. The molecule has 1 unspecified atom stereocenters. The summed E-state index contributed by atoms with van der Waals surface area (Å²) in [5, 5.41) is 3.95. The molecule has 1 aromatic carbocycles. The van der Waals surface area contributed by atoms with Crippen molar-refractivity contribution in [3.63, 3.8) is 0 Å². The molecule has 23 heavy (non-hydrogen) atoms. The van der Waals surface area contributed by atoms with E-state index < -0.39 is 0 Å². The summed E-state index contributed by atoms with van der Waals surface area (Å²) in [6.45, 7) is 5.47. The number of carbonyl (C=O) groups is 1. The lowest BCUT2D eigenvalue weighted by Gasteiger charge is -2.30. The second kappa shape index (κ2) is 6.44. The Morgan fingerprint density at radius 1 is 1.39 bits per heavy atom. The number of likely N-dealkylation sites (N-methyl/N-ethyl adjacent to an activating group) is 1. The molecule has 0 saturated heterocycles. The number of anilines is 1. The van der Waals surface area contributed by atoms with E-state index in [2.05, 4.69) is 36.2 Å². The number of nitrogens with zero attached hydrogens (tertiary/aromatic N) is 3. The zero-order valence-electron chi connectivity index (χ0n) is 14.0. The number of rotatable bonds is 3. The Balaban J connectivity index is 1.85. The first-order chi connectivity index (χ1) is 11.1. The lowest BCUT2D eigenvalue weighted by atomic mass is 10.1. The van der Waals surface area contributed by atoms with Gasteiger partial charge in [-0.05, 0) is 25.0 Å². The SMILES string of the molecule is CCC1CN(C)c2ccccc2CN1C(=O)Cc1cc(C)on1. The minimum absolute atomic E-state index is 0.107. The molecule has 0 bridgehead atoms. The molecule has 0 fully saturated rings. The van der Waals surface area contributed by atoms with Gasteiger partial charge in [-0.3, -0.25) is 4.79 Å². The Bertz CT molecular complexity index is 695. The number of aromatic nitrogens is 1. The average molecular weight is 313 g/mol. The predicted octanol–water partition coefficient (Wildman–Crippen LogP) is 2.78. The third-order valence-corrected chi connectivity index (χ3v) is 4.47. The number of benzene rings is 1. The number of carbonyl (C=O) groups excluding carboxylic acids is 1. The maximum atomic E-state index is 12.8. The maximum absolute atomic E-state index is 12.8. The summed E-state index contributed by atoms with van der Waals surface area (Å²) in [6, 6.07) is 10.3. The van der Waals surface area contributed by atoms with Gasteiger partial charge in [0.2, 0.25) is 5.91 Å². The highest BCUT2D eigenvalue weighted by molar-refractivity contribution is 5.79. The molecular formula is C18H23N3O2. The van der Waals surface area contributed by atoms with Gasteiger partial charge in [0.25, 0.3) is 0 Å². The Morgan fingerprint density at radius 3 is 2.87 bits per heavy atom. The number of hydrogen-bond donors (Lipinski definition) is 0. The summed E-state index contributed by atoms with van der Waals surface area (Å²) in [5.41, 5.74) is 3.10. The Labute approximate surface area is 136 Å². The van der Waals surface area contributed by atoms with Crippen molar-refractivity contribution < 1.29 is 9.32 Å². The molecule has 0 aliphatic carbocycles. The van der Waals surface area contributed by atoms with Crippen LogP contribution in [0.1, 0.15) is 30.4 Å². The van der Waals surface area contributed by atoms with Crippen molar-refractivity contribution in [2.75, 3.05) is 18.5 Å². The molecule has 5 heteroatoms. The smallest absolute Gasteiger partial charge is 0.229 e. The van der Waals surface area contributed by atoms with Crippen LogP contribution in [0.3, 0.4) is 0 Å². The second-order valence-electron chi connectivity index (χ2n) is 6.20. The van der Waals surface area contributed by atoms with Gasteiger partial charge in [-0.15, -0.1) is 0 Å². The zero-order chi connectivity index (χ0) is 16.4. The molecule has 5 nitrogen and oxygen atoms in total. The van der Waals surface area contributed by atoms with Crippen LogP contribution < -0.4 is 4.90 Å². The van der Waals surface area contributed by atoms with Crippen molar-refractivity contribution in [1.29, 1.82) is 0 Å². The van der Waals surface area contributed by atoms with Gasteiger partial charge in [0.1, 0.15) is 5.76 Å². The van der Waals surface area contributed by atoms with Crippen LogP contribution in [-0.2, 0) is 17.8 Å². The van der Waals surface area contributed by atoms with Crippen molar-refractivity contribution in [3.05, 3.63) is 47.3 Å². The standard InChI is InChI=1S/C18H23N3O2/c1-4-16-12-20(3)17-8-6-5-7-14(17)11-21(16)18(22)10-15-9-13(2)23-19-15/h5-9,16H,4,10-12H2,1-3H3.